The van der Waals surface area contributed by atoms with Gasteiger partial charge in [0.2, 0.25) is 11.7 Å². The van der Waals surface area contributed by atoms with E-state index in [0.29, 0.717) is 23.5 Å². The fourth-order valence-corrected chi connectivity index (χ4v) is 4.76. The molecule has 28 heavy (non-hydrogen) atoms. The average Bonchev–Trinajstić information content (AvgIpc) is 3.32. The number of benzene rings is 1. The molecule has 4 rings (SSSR count). The average molecular weight is 399 g/mol. The van der Waals surface area contributed by atoms with E-state index in [1.165, 1.54) is 37.8 Å². The Morgan fingerprint density at radius 1 is 1.11 bits per heavy atom. The Balaban J connectivity index is 1.48. The van der Waals surface area contributed by atoms with E-state index in [1.54, 1.807) is 18.9 Å². The van der Waals surface area contributed by atoms with Crippen LogP contribution in [0.3, 0.4) is 0 Å². The molecule has 0 radical (unpaired) electrons. The number of aromatic nitrogens is 4. The smallest absolute Gasteiger partial charge is 0.237 e. The van der Waals surface area contributed by atoms with Gasteiger partial charge in [-0.15, -0.1) is 0 Å². The zero-order chi connectivity index (χ0) is 19.5. The molecule has 0 amide bonds. The third-order valence-corrected chi connectivity index (χ3v) is 6.37. The van der Waals surface area contributed by atoms with Gasteiger partial charge in [0.05, 0.1) is 18.6 Å². The van der Waals surface area contributed by atoms with E-state index in [-0.39, 0.29) is 0 Å². The Hall–Kier alpha value is -2.28. The first-order chi connectivity index (χ1) is 13.7. The Morgan fingerprint density at radius 2 is 1.86 bits per heavy atom. The van der Waals surface area contributed by atoms with Crippen molar-refractivity contribution in [1.82, 2.24) is 19.7 Å². The summed E-state index contributed by atoms with van der Waals surface area (Å²) in [7, 11) is 1.65. The first kappa shape index (κ1) is 19.1. The topological polar surface area (TPSA) is 66.0 Å². The summed E-state index contributed by atoms with van der Waals surface area (Å²) in [5.74, 6) is 2.64. The van der Waals surface area contributed by atoms with E-state index >= 15 is 0 Å². The molecule has 0 saturated heterocycles. The maximum Gasteiger partial charge on any atom is 0.237 e. The maximum absolute atomic E-state index is 5.47. The highest BCUT2D eigenvalue weighted by Crippen LogP contribution is 2.35. The van der Waals surface area contributed by atoms with Gasteiger partial charge in [-0.1, -0.05) is 36.2 Å². The molecule has 0 N–H and O–H groups in total. The van der Waals surface area contributed by atoms with Crippen LogP contribution >= 0.6 is 11.8 Å². The summed E-state index contributed by atoms with van der Waals surface area (Å²) in [6.45, 7) is 4.27. The number of thioether (sulfide) groups is 1. The van der Waals surface area contributed by atoms with Crippen molar-refractivity contribution in [3.05, 3.63) is 41.5 Å². The molecule has 148 valence electrons. The second-order valence-electron chi connectivity index (χ2n) is 7.26. The van der Waals surface area contributed by atoms with Crippen molar-refractivity contribution in [3.63, 3.8) is 0 Å². The summed E-state index contributed by atoms with van der Waals surface area (Å²) in [5.41, 5.74) is 3.30. The molecule has 0 spiro atoms. The summed E-state index contributed by atoms with van der Waals surface area (Å²) in [6, 6.07) is 8.22. The third-order valence-electron chi connectivity index (χ3n) is 5.44. The van der Waals surface area contributed by atoms with Gasteiger partial charge in [-0.25, -0.2) is 4.98 Å². The Labute approximate surface area is 169 Å². The van der Waals surface area contributed by atoms with Gasteiger partial charge in [-0.05, 0) is 51.0 Å². The molecule has 0 bridgehead atoms. The molecule has 0 unspecified atom stereocenters. The number of aryl methyl sites for hydroxylation is 1. The maximum atomic E-state index is 5.47. The van der Waals surface area contributed by atoms with Crippen LogP contribution in [0.25, 0.3) is 11.4 Å². The van der Waals surface area contributed by atoms with Gasteiger partial charge < -0.3 is 13.8 Å². The predicted octanol–water partition coefficient (Wildman–Crippen LogP) is 5.36. The number of methoxy groups -OCH3 is 1. The minimum atomic E-state index is 0.565. The van der Waals surface area contributed by atoms with Crippen molar-refractivity contribution in [1.29, 1.82) is 0 Å². The van der Waals surface area contributed by atoms with Gasteiger partial charge in [0.25, 0.3) is 0 Å². The van der Waals surface area contributed by atoms with E-state index < -0.39 is 0 Å². The minimum Gasteiger partial charge on any atom is -0.497 e. The number of rotatable bonds is 6. The van der Waals surface area contributed by atoms with Crippen LogP contribution in [-0.2, 0) is 5.75 Å². The zero-order valence-electron chi connectivity index (χ0n) is 16.6. The lowest BCUT2D eigenvalue weighted by Gasteiger charge is -2.25. The largest absolute Gasteiger partial charge is 0.497 e. The highest BCUT2D eigenvalue weighted by Gasteiger charge is 2.22. The lowest BCUT2D eigenvalue weighted by Crippen LogP contribution is -2.15. The normalized spacial score (nSPS) is 15.1. The van der Waals surface area contributed by atoms with Crippen LogP contribution in [0.2, 0.25) is 0 Å². The first-order valence-electron chi connectivity index (χ1n) is 9.81. The Bertz CT molecular complexity index is 927. The summed E-state index contributed by atoms with van der Waals surface area (Å²) >= 11 is 1.68. The quantitative estimate of drug-likeness (QED) is 0.521. The molecular weight excluding hydrogens is 372 g/mol. The van der Waals surface area contributed by atoms with E-state index in [9.17, 15) is 0 Å². The molecule has 2 heterocycles. The lowest BCUT2D eigenvalue weighted by molar-refractivity contribution is 0.332. The fraction of sp³-hybridized carbons (Fsp3) is 0.476. The number of hydrogen-bond donors (Lipinski definition) is 0. The van der Waals surface area contributed by atoms with E-state index in [4.69, 9.17) is 14.2 Å². The molecule has 7 heteroatoms. The Kier molecular flexibility index (Phi) is 5.71. The molecule has 1 saturated carbocycles. The van der Waals surface area contributed by atoms with Crippen LogP contribution in [0.5, 0.6) is 5.75 Å². The minimum absolute atomic E-state index is 0.565. The zero-order valence-corrected chi connectivity index (χ0v) is 17.5. The highest BCUT2D eigenvalue weighted by atomic mass is 32.2. The predicted molar refractivity (Wildman–Crippen MR) is 110 cm³/mol. The lowest BCUT2D eigenvalue weighted by atomic mass is 9.95. The molecule has 1 fully saturated rings. The van der Waals surface area contributed by atoms with Crippen molar-refractivity contribution < 1.29 is 9.26 Å². The fourth-order valence-electron chi connectivity index (χ4n) is 3.76. The van der Waals surface area contributed by atoms with Crippen LogP contribution in [-0.4, -0.2) is 26.8 Å². The molecule has 1 aliphatic carbocycles. The van der Waals surface area contributed by atoms with Gasteiger partial charge in [0, 0.05) is 17.3 Å². The van der Waals surface area contributed by atoms with Crippen LogP contribution < -0.4 is 4.74 Å². The van der Waals surface area contributed by atoms with Gasteiger partial charge in [-0.3, -0.25) is 0 Å². The van der Waals surface area contributed by atoms with Crippen molar-refractivity contribution in [3.8, 4) is 17.1 Å². The van der Waals surface area contributed by atoms with Gasteiger partial charge in [0.1, 0.15) is 5.75 Å². The number of ether oxygens (including phenoxy) is 1. The summed E-state index contributed by atoms with van der Waals surface area (Å²) in [6.07, 6.45) is 6.45. The SMILES string of the molecule is COc1ccc(-c2noc(CSc3nc(C)c(C)n3C3CCCCC3)n2)cc1. The van der Waals surface area contributed by atoms with Crippen LogP contribution in [0.4, 0.5) is 0 Å². The van der Waals surface area contributed by atoms with Gasteiger partial charge in [0.15, 0.2) is 5.16 Å². The summed E-state index contributed by atoms with van der Waals surface area (Å²) in [4.78, 5) is 9.35. The molecule has 2 aromatic heterocycles. The molecule has 6 nitrogen and oxygen atoms in total. The van der Waals surface area contributed by atoms with E-state index in [0.717, 1.165) is 22.2 Å². The molecule has 0 atom stereocenters. The highest BCUT2D eigenvalue weighted by molar-refractivity contribution is 7.98. The second-order valence-corrected chi connectivity index (χ2v) is 8.20. The summed E-state index contributed by atoms with van der Waals surface area (Å²) < 4.78 is 13.1. The Morgan fingerprint density at radius 3 is 2.57 bits per heavy atom. The standard InChI is InChI=1S/C21H26N4O2S/c1-14-15(2)25(17-7-5-4-6-8-17)21(22-14)28-13-19-23-20(24-27-19)16-9-11-18(26-3)12-10-16/h9-12,17H,4-8,13H2,1-3H3. The van der Waals surface area contributed by atoms with E-state index in [2.05, 4.69) is 28.6 Å². The molecule has 3 aromatic rings. The molecule has 0 aliphatic heterocycles. The number of hydrogen-bond acceptors (Lipinski definition) is 6. The third kappa shape index (κ3) is 3.94. The van der Waals surface area contributed by atoms with Gasteiger partial charge in [-0.2, -0.15) is 4.98 Å². The van der Waals surface area contributed by atoms with Crippen LogP contribution in [0.15, 0.2) is 33.9 Å². The molecule has 1 aromatic carbocycles. The van der Waals surface area contributed by atoms with Crippen molar-refractivity contribution in [2.45, 2.75) is 62.9 Å². The number of imidazole rings is 1. The van der Waals surface area contributed by atoms with Crippen molar-refractivity contribution in [2.75, 3.05) is 7.11 Å². The van der Waals surface area contributed by atoms with Crippen LogP contribution in [0.1, 0.15) is 55.4 Å². The second kappa shape index (κ2) is 8.39. The van der Waals surface area contributed by atoms with Crippen LogP contribution in [0, 0.1) is 13.8 Å². The number of nitrogens with zero attached hydrogens (tertiary/aromatic N) is 4. The van der Waals surface area contributed by atoms with E-state index in [1.807, 2.05) is 24.3 Å². The molecular formula is C21H26N4O2S. The first-order valence-corrected chi connectivity index (χ1v) is 10.8. The van der Waals surface area contributed by atoms with Crippen molar-refractivity contribution >= 4 is 11.8 Å². The monoisotopic (exact) mass is 398 g/mol. The summed E-state index contributed by atoms with van der Waals surface area (Å²) in [5, 5.41) is 5.18. The molecule has 1 aliphatic rings. The van der Waals surface area contributed by atoms with Crippen molar-refractivity contribution in [2.24, 2.45) is 0 Å². The van der Waals surface area contributed by atoms with Gasteiger partial charge >= 0.3 is 0 Å².